The molecule has 0 saturated carbocycles. The molecule has 6 nitrogen and oxygen atoms in total. The van der Waals surface area contributed by atoms with Gasteiger partial charge in [-0.15, -0.1) is 0 Å². The fraction of sp³-hybridized carbons (Fsp3) is 0.600. The molecule has 1 aromatic carbocycles. The highest BCUT2D eigenvalue weighted by molar-refractivity contribution is 5.95. The molecule has 2 heterocycles. The second kappa shape index (κ2) is 8.54. The molecule has 2 aliphatic rings. The highest BCUT2D eigenvalue weighted by atomic mass is 16.6. The maximum absolute atomic E-state index is 12.2. The molecule has 26 heavy (non-hydrogen) atoms. The van der Waals surface area contributed by atoms with Gasteiger partial charge in [0, 0.05) is 36.8 Å². The van der Waals surface area contributed by atoms with Gasteiger partial charge in [-0.2, -0.15) is 0 Å². The summed E-state index contributed by atoms with van der Waals surface area (Å²) < 4.78 is 5.19. The standard InChI is InChI=1S/C20H29N3O3/c1-3-26-20(25)23-16-8-9-17(23)13-15(12-16)21-10-11-22-19(24)18-7-5-4-6-14(18)2/h4-7,15-17,21H,3,8-13H2,1-2H3,(H,22,24)/t15?,16-,17?/m1/s1. The van der Waals surface area contributed by atoms with Gasteiger partial charge in [0.1, 0.15) is 0 Å². The van der Waals surface area contributed by atoms with Crippen molar-refractivity contribution in [3.05, 3.63) is 35.4 Å². The van der Waals surface area contributed by atoms with Crippen LogP contribution in [-0.2, 0) is 4.74 Å². The van der Waals surface area contributed by atoms with Crippen LogP contribution < -0.4 is 10.6 Å². The van der Waals surface area contributed by atoms with Crippen LogP contribution in [-0.4, -0.2) is 54.7 Å². The normalized spacial score (nSPS) is 24.4. The van der Waals surface area contributed by atoms with Crippen molar-refractivity contribution in [2.24, 2.45) is 0 Å². The van der Waals surface area contributed by atoms with Crippen molar-refractivity contribution < 1.29 is 14.3 Å². The first-order valence-corrected chi connectivity index (χ1v) is 9.62. The van der Waals surface area contributed by atoms with E-state index in [-0.39, 0.29) is 24.1 Å². The second-order valence-electron chi connectivity index (χ2n) is 7.18. The van der Waals surface area contributed by atoms with E-state index in [9.17, 15) is 9.59 Å². The van der Waals surface area contributed by atoms with E-state index in [4.69, 9.17) is 4.74 Å². The molecule has 0 radical (unpaired) electrons. The molecule has 142 valence electrons. The molecule has 2 amide bonds. The van der Waals surface area contributed by atoms with Gasteiger partial charge in [0.15, 0.2) is 0 Å². The minimum atomic E-state index is -0.163. The molecular formula is C20H29N3O3. The number of hydrogen-bond acceptors (Lipinski definition) is 4. The van der Waals surface area contributed by atoms with Crippen molar-refractivity contribution in [2.75, 3.05) is 19.7 Å². The average Bonchev–Trinajstić information content (AvgIpc) is 2.90. The fourth-order valence-electron chi connectivity index (χ4n) is 4.22. The summed E-state index contributed by atoms with van der Waals surface area (Å²) in [6.45, 7) is 5.55. The van der Waals surface area contributed by atoms with Crippen LogP contribution in [0.15, 0.2) is 24.3 Å². The monoisotopic (exact) mass is 359 g/mol. The highest BCUT2D eigenvalue weighted by Gasteiger charge is 2.43. The minimum Gasteiger partial charge on any atom is -0.450 e. The fourth-order valence-corrected chi connectivity index (χ4v) is 4.22. The van der Waals surface area contributed by atoms with Crippen LogP contribution in [0, 0.1) is 6.92 Å². The van der Waals surface area contributed by atoms with Crippen LogP contribution in [0.3, 0.4) is 0 Å². The maximum atomic E-state index is 12.2. The van der Waals surface area contributed by atoms with Crippen LogP contribution in [0.25, 0.3) is 0 Å². The Bertz CT molecular complexity index is 635. The summed E-state index contributed by atoms with van der Waals surface area (Å²) in [6, 6.07) is 8.58. The van der Waals surface area contributed by atoms with E-state index in [0.29, 0.717) is 19.2 Å². The zero-order valence-corrected chi connectivity index (χ0v) is 15.7. The minimum absolute atomic E-state index is 0.0258. The molecule has 0 spiro atoms. The van der Waals surface area contributed by atoms with Gasteiger partial charge in [-0.1, -0.05) is 18.2 Å². The van der Waals surface area contributed by atoms with Crippen molar-refractivity contribution >= 4 is 12.0 Å². The number of rotatable bonds is 6. The molecule has 1 aromatic rings. The predicted octanol–water partition coefficient (Wildman–Crippen LogP) is 2.47. The highest BCUT2D eigenvalue weighted by Crippen LogP contribution is 2.36. The third-order valence-electron chi connectivity index (χ3n) is 5.44. The number of amides is 2. The molecule has 0 aliphatic carbocycles. The van der Waals surface area contributed by atoms with Gasteiger partial charge in [-0.3, -0.25) is 4.79 Å². The smallest absolute Gasteiger partial charge is 0.410 e. The third-order valence-corrected chi connectivity index (χ3v) is 5.44. The Kier molecular flexibility index (Phi) is 6.14. The number of ether oxygens (including phenoxy) is 1. The van der Waals surface area contributed by atoms with E-state index >= 15 is 0 Å². The van der Waals surface area contributed by atoms with Crippen molar-refractivity contribution in [2.45, 2.75) is 57.7 Å². The molecule has 3 rings (SSSR count). The summed E-state index contributed by atoms with van der Waals surface area (Å²) in [5.74, 6) is -0.0258. The van der Waals surface area contributed by atoms with E-state index in [1.807, 2.05) is 43.0 Å². The van der Waals surface area contributed by atoms with Crippen LogP contribution >= 0.6 is 0 Å². The Hall–Kier alpha value is -2.08. The summed E-state index contributed by atoms with van der Waals surface area (Å²) in [6.07, 6.45) is 3.88. The Morgan fingerprint density at radius 1 is 1.15 bits per heavy atom. The first-order valence-electron chi connectivity index (χ1n) is 9.62. The Morgan fingerprint density at radius 3 is 2.50 bits per heavy atom. The Morgan fingerprint density at radius 2 is 1.85 bits per heavy atom. The molecule has 2 fully saturated rings. The zero-order valence-electron chi connectivity index (χ0n) is 15.7. The number of nitrogens with zero attached hydrogens (tertiary/aromatic N) is 1. The maximum Gasteiger partial charge on any atom is 0.410 e. The van der Waals surface area contributed by atoms with Gasteiger partial charge in [0.05, 0.1) is 6.61 Å². The number of carbonyl (C=O) groups excluding carboxylic acids is 2. The lowest BCUT2D eigenvalue weighted by atomic mass is 9.98. The second-order valence-corrected chi connectivity index (χ2v) is 7.18. The summed E-state index contributed by atoms with van der Waals surface area (Å²) in [5.41, 5.74) is 1.72. The van der Waals surface area contributed by atoms with Crippen LogP contribution in [0.2, 0.25) is 0 Å². The quantitative estimate of drug-likeness (QED) is 0.766. The Labute approximate surface area is 155 Å². The van der Waals surface area contributed by atoms with Crippen LogP contribution in [0.4, 0.5) is 4.79 Å². The van der Waals surface area contributed by atoms with Crippen LogP contribution in [0.5, 0.6) is 0 Å². The van der Waals surface area contributed by atoms with Gasteiger partial charge >= 0.3 is 6.09 Å². The van der Waals surface area contributed by atoms with E-state index in [1.165, 1.54) is 0 Å². The largest absolute Gasteiger partial charge is 0.450 e. The van der Waals surface area contributed by atoms with E-state index in [1.54, 1.807) is 0 Å². The Balaban J connectivity index is 1.41. The van der Waals surface area contributed by atoms with Gasteiger partial charge < -0.3 is 20.3 Å². The van der Waals surface area contributed by atoms with Crippen LogP contribution in [0.1, 0.15) is 48.5 Å². The summed E-state index contributed by atoms with van der Waals surface area (Å²) in [7, 11) is 0. The van der Waals surface area contributed by atoms with E-state index in [2.05, 4.69) is 10.6 Å². The lowest BCUT2D eigenvalue weighted by molar-refractivity contribution is 0.0659. The third kappa shape index (κ3) is 4.18. The molecule has 3 atom stereocenters. The number of fused-ring (bicyclic) bond motifs is 2. The molecule has 0 aromatic heterocycles. The van der Waals surface area contributed by atoms with Crippen molar-refractivity contribution in [3.8, 4) is 0 Å². The lowest BCUT2D eigenvalue weighted by Crippen LogP contribution is -2.52. The number of benzene rings is 1. The molecule has 6 heteroatoms. The van der Waals surface area contributed by atoms with E-state index in [0.717, 1.165) is 43.4 Å². The summed E-state index contributed by atoms with van der Waals surface area (Å²) in [4.78, 5) is 26.3. The predicted molar refractivity (Wildman–Crippen MR) is 100 cm³/mol. The van der Waals surface area contributed by atoms with Crippen molar-refractivity contribution in [1.82, 2.24) is 15.5 Å². The van der Waals surface area contributed by atoms with Gasteiger partial charge in [0.2, 0.25) is 0 Å². The number of carbonyl (C=O) groups is 2. The van der Waals surface area contributed by atoms with Gasteiger partial charge in [0.25, 0.3) is 5.91 Å². The van der Waals surface area contributed by atoms with Crippen molar-refractivity contribution in [3.63, 3.8) is 0 Å². The molecule has 2 saturated heterocycles. The zero-order chi connectivity index (χ0) is 18.5. The first-order chi connectivity index (χ1) is 12.6. The lowest BCUT2D eigenvalue weighted by Gasteiger charge is -2.38. The first kappa shape index (κ1) is 18.7. The molecular weight excluding hydrogens is 330 g/mol. The van der Waals surface area contributed by atoms with Gasteiger partial charge in [-0.05, 0) is 51.2 Å². The average molecular weight is 359 g/mol. The van der Waals surface area contributed by atoms with E-state index < -0.39 is 0 Å². The number of hydrogen-bond donors (Lipinski definition) is 2. The van der Waals surface area contributed by atoms with Gasteiger partial charge in [-0.25, -0.2) is 4.79 Å². The summed E-state index contributed by atoms with van der Waals surface area (Å²) in [5, 5.41) is 6.52. The molecule has 2 aliphatic heterocycles. The topological polar surface area (TPSA) is 70.7 Å². The SMILES string of the molecule is CCOC(=O)N1C2CC[C@@H]1CC(NCCNC(=O)c1ccccc1C)C2. The molecule has 2 unspecified atom stereocenters. The summed E-state index contributed by atoms with van der Waals surface area (Å²) >= 11 is 0. The van der Waals surface area contributed by atoms with Crippen molar-refractivity contribution in [1.29, 1.82) is 0 Å². The molecule has 2 bridgehead atoms. The number of nitrogens with one attached hydrogen (secondary N) is 2. The number of aryl methyl sites for hydroxylation is 1. The molecule has 2 N–H and O–H groups in total. The number of piperidine rings is 1.